The van der Waals surface area contributed by atoms with E-state index in [9.17, 15) is 8.42 Å². The van der Waals surface area contributed by atoms with Crippen molar-refractivity contribution in [1.82, 2.24) is 0 Å². The van der Waals surface area contributed by atoms with E-state index < -0.39 is 10.0 Å². The summed E-state index contributed by atoms with van der Waals surface area (Å²) in [7, 11) is -3.93. The van der Waals surface area contributed by atoms with Crippen LogP contribution in [0, 0.1) is 0 Å². The first kappa shape index (κ1) is 16.8. The van der Waals surface area contributed by atoms with Crippen LogP contribution in [0.4, 0.5) is 5.69 Å². The summed E-state index contributed by atoms with van der Waals surface area (Å²) in [6, 6.07) is 5.77. The molecule has 2 rings (SSSR count). The summed E-state index contributed by atoms with van der Waals surface area (Å²) in [4.78, 5) is -0.0770. The molecule has 1 aromatic carbocycles. The van der Waals surface area contributed by atoms with Crippen molar-refractivity contribution in [2.24, 2.45) is 5.73 Å². The van der Waals surface area contributed by atoms with Crippen molar-refractivity contribution in [3.05, 3.63) is 43.5 Å². The second-order valence-electron chi connectivity index (χ2n) is 3.85. The molecule has 0 spiro atoms. The maximum atomic E-state index is 12.3. The van der Waals surface area contributed by atoms with Gasteiger partial charge in [-0.15, -0.1) is 11.3 Å². The number of nitrogens with one attached hydrogen (secondary N) is 1. The Hall–Kier alpha value is -0.570. The van der Waals surface area contributed by atoms with Crippen LogP contribution in [-0.2, 0) is 10.0 Å². The van der Waals surface area contributed by atoms with Gasteiger partial charge in [-0.1, -0.05) is 47.0 Å². The number of anilines is 1. The molecule has 112 valence electrons. The predicted octanol–water partition coefficient (Wildman–Crippen LogP) is 4.14. The van der Waals surface area contributed by atoms with Crippen molar-refractivity contribution in [2.75, 3.05) is 4.72 Å². The summed E-state index contributed by atoms with van der Waals surface area (Å²) >= 11 is 23.3. The molecular weight excluding hydrogens is 395 g/mol. The Labute approximate surface area is 145 Å². The molecule has 4 nitrogen and oxygen atoms in total. The fourth-order valence-corrected chi connectivity index (χ4v) is 5.10. The van der Waals surface area contributed by atoms with Gasteiger partial charge in [0.2, 0.25) is 0 Å². The molecule has 0 unspecified atom stereocenters. The van der Waals surface area contributed by atoms with Gasteiger partial charge in [0.1, 0.15) is 14.2 Å². The number of thiophene rings is 1. The van der Waals surface area contributed by atoms with Crippen LogP contribution >= 0.6 is 58.4 Å². The lowest BCUT2D eigenvalue weighted by atomic mass is 10.2. The zero-order valence-electron chi connectivity index (χ0n) is 10.1. The summed E-state index contributed by atoms with van der Waals surface area (Å²) in [5.74, 6) is 0. The van der Waals surface area contributed by atoms with Crippen LogP contribution in [0.2, 0.25) is 13.7 Å². The van der Waals surface area contributed by atoms with Gasteiger partial charge in [0, 0.05) is 10.6 Å². The van der Waals surface area contributed by atoms with Crippen molar-refractivity contribution in [3.8, 4) is 0 Å². The third-order valence-electron chi connectivity index (χ3n) is 2.41. The Morgan fingerprint density at radius 1 is 1.24 bits per heavy atom. The molecule has 2 aromatic rings. The number of nitrogens with two attached hydrogens (primary N) is 1. The predicted molar refractivity (Wildman–Crippen MR) is 92.5 cm³/mol. The zero-order valence-corrected chi connectivity index (χ0v) is 14.8. The summed E-state index contributed by atoms with van der Waals surface area (Å²) in [6.45, 7) is 0. The van der Waals surface area contributed by atoms with Crippen molar-refractivity contribution in [1.29, 1.82) is 0 Å². The molecule has 0 atom stereocenters. The number of rotatable bonds is 4. The van der Waals surface area contributed by atoms with Gasteiger partial charge >= 0.3 is 0 Å². The first-order valence-corrected chi connectivity index (χ1v) is 9.12. The van der Waals surface area contributed by atoms with E-state index in [2.05, 4.69) is 4.72 Å². The quantitative estimate of drug-likeness (QED) is 0.755. The lowest BCUT2D eigenvalue weighted by molar-refractivity contribution is 0.601. The minimum Gasteiger partial charge on any atom is -0.389 e. The molecule has 0 aliphatic rings. The summed E-state index contributed by atoms with van der Waals surface area (Å²) in [6.07, 6.45) is 0. The second-order valence-corrected chi connectivity index (χ2v) is 8.66. The van der Waals surface area contributed by atoms with Gasteiger partial charge in [-0.2, -0.15) is 0 Å². The van der Waals surface area contributed by atoms with Gasteiger partial charge in [-0.3, -0.25) is 4.72 Å². The van der Waals surface area contributed by atoms with Crippen molar-refractivity contribution in [2.45, 2.75) is 4.90 Å². The van der Waals surface area contributed by atoms with Crippen molar-refractivity contribution in [3.63, 3.8) is 0 Å². The van der Waals surface area contributed by atoms with Crippen LogP contribution in [-0.4, -0.2) is 13.4 Å². The lowest BCUT2D eigenvalue weighted by Crippen LogP contribution is -2.18. The molecule has 0 radical (unpaired) electrons. The molecule has 21 heavy (non-hydrogen) atoms. The highest BCUT2D eigenvalue weighted by atomic mass is 35.5. The second kappa shape index (κ2) is 6.28. The molecule has 1 aromatic heterocycles. The van der Waals surface area contributed by atoms with Gasteiger partial charge in [0.05, 0.1) is 10.0 Å². The Balaban J connectivity index is 2.48. The van der Waals surface area contributed by atoms with Crippen LogP contribution in [0.1, 0.15) is 5.56 Å². The molecule has 10 heteroatoms. The van der Waals surface area contributed by atoms with Gasteiger partial charge in [0.15, 0.2) is 0 Å². The van der Waals surface area contributed by atoms with Crippen LogP contribution in [0.15, 0.2) is 29.2 Å². The van der Waals surface area contributed by atoms with E-state index in [1.807, 2.05) is 0 Å². The number of thiocarbonyl (C=S) groups is 1. The average molecular weight is 402 g/mol. The SMILES string of the molecule is NC(=S)c1ccc(Cl)cc1NS(=O)(=O)c1cc(Cl)sc1Cl. The van der Waals surface area contributed by atoms with Crippen LogP contribution in [0.25, 0.3) is 0 Å². The monoisotopic (exact) mass is 400 g/mol. The third kappa shape index (κ3) is 3.80. The van der Waals surface area contributed by atoms with Crippen LogP contribution in [0.3, 0.4) is 0 Å². The highest BCUT2D eigenvalue weighted by Crippen LogP contribution is 2.35. The first-order valence-electron chi connectivity index (χ1n) is 5.27. The van der Waals surface area contributed by atoms with E-state index in [0.29, 0.717) is 10.6 Å². The van der Waals surface area contributed by atoms with Crippen molar-refractivity contribution >= 4 is 79.1 Å². The Bertz CT molecular complexity index is 818. The molecule has 0 bridgehead atoms. The molecule has 0 fully saturated rings. The highest BCUT2D eigenvalue weighted by Gasteiger charge is 2.22. The highest BCUT2D eigenvalue weighted by molar-refractivity contribution is 7.93. The first-order chi connectivity index (χ1) is 9.70. The molecule has 0 saturated carbocycles. The molecule has 0 amide bonds. The van der Waals surface area contributed by atoms with E-state index in [4.69, 9.17) is 52.8 Å². The molecule has 0 aliphatic carbocycles. The third-order valence-corrected chi connectivity index (χ3v) is 5.98. The molecule has 3 N–H and O–H groups in total. The molecule has 0 aliphatic heterocycles. The average Bonchev–Trinajstić information content (AvgIpc) is 2.68. The number of hydrogen-bond donors (Lipinski definition) is 2. The van der Waals surface area contributed by atoms with Gasteiger partial charge in [0.25, 0.3) is 10.0 Å². The lowest BCUT2D eigenvalue weighted by Gasteiger charge is -2.11. The minimum absolute atomic E-state index is 0.0406. The number of benzene rings is 1. The summed E-state index contributed by atoms with van der Waals surface area (Å²) < 4.78 is 27.4. The fraction of sp³-hybridized carbons (Fsp3) is 0. The van der Waals surface area contributed by atoms with Gasteiger partial charge in [-0.05, 0) is 24.3 Å². The van der Waals surface area contributed by atoms with E-state index >= 15 is 0 Å². The van der Waals surface area contributed by atoms with Crippen LogP contribution < -0.4 is 10.5 Å². The van der Waals surface area contributed by atoms with Gasteiger partial charge in [-0.25, -0.2) is 8.42 Å². The Morgan fingerprint density at radius 3 is 2.43 bits per heavy atom. The van der Waals surface area contributed by atoms with E-state index in [-0.39, 0.29) is 24.2 Å². The van der Waals surface area contributed by atoms with E-state index in [1.165, 1.54) is 18.2 Å². The van der Waals surface area contributed by atoms with Gasteiger partial charge < -0.3 is 5.73 Å². The minimum atomic E-state index is -3.93. The van der Waals surface area contributed by atoms with E-state index in [0.717, 1.165) is 11.3 Å². The molecule has 1 heterocycles. The maximum absolute atomic E-state index is 12.3. The van der Waals surface area contributed by atoms with Crippen molar-refractivity contribution < 1.29 is 8.42 Å². The number of sulfonamides is 1. The number of hydrogen-bond acceptors (Lipinski definition) is 4. The zero-order chi connectivity index (χ0) is 15.8. The Morgan fingerprint density at radius 2 is 1.90 bits per heavy atom. The smallest absolute Gasteiger partial charge is 0.264 e. The maximum Gasteiger partial charge on any atom is 0.264 e. The Kier molecular flexibility index (Phi) is 5.02. The molecular formula is C11H7Cl3N2O2S3. The topological polar surface area (TPSA) is 72.2 Å². The normalized spacial score (nSPS) is 11.4. The summed E-state index contributed by atoms with van der Waals surface area (Å²) in [5, 5.41) is 0.335. The fourth-order valence-electron chi connectivity index (χ4n) is 1.52. The number of halogens is 3. The molecule has 0 saturated heterocycles. The summed E-state index contributed by atoms with van der Waals surface area (Å²) in [5.41, 5.74) is 6.10. The largest absolute Gasteiger partial charge is 0.389 e. The van der Waals surface area contributed by atoms with Crippen LogP contribution in [0.5, 0.6) is 0 Å². The standard InChI is InChI=1S/C11H7Cl3N2O2S3/c12-5-1-2-6(11(15)19)7(3-5)16-21(17,18)8-4-9(13)20-10(8)14/h1-4,16H,(H2,15,19). The van der Waals surface area contributed by atoms with E-state index in [1.54, 1.807) is 6.07 Å².